The van der Waals surface area contributed by atoms with Gasteiger partial charge in [-0.05, 0) is 66.9 Å². The van der Waals surface area contributed by atoms with Gasteiger partial charge < -0.3 is 19.5 Å². The lowest BCUT2D eigenvalue weighted by Crippen LogP contribution is -2.25. The van der Waals surface area contributed by atoms with Crippen LogP contribution < -0.4 is 24.2 Å². The first-order valence-corrected chi connectivity index (χ1v) is 12.7. The van der Waals surface area contributed by atoms with Gasteiger partial charge in [-0.15, -0.1) is 11.3 Å². The minimum absolute atomic E-state index is 0.0137. The van der Waals surface area contributed by atoms with E-state index in [0.29, 0.717) is 35.3 Å². The molecule has 1 saturated carbocycles. The molecule has 1 aliphatic carbocycles. The molecule has 2 heterocycles. The number of methoxy groups -OCH3 is 1. The molecule has 0 saturated heterocycles. The van der Waals surface area contributed by atoms with Crippen LogP contribution in [0, 0.1) is 0 Å². The van der Waals surface area contributed by atoms with Gasteiger partial charge in [-0.25, -0.2) is 13.1 Å². The highest BCUT2D eigenvalue weighted by Gasteiger charge is 2.28. The lowest BCUT2D eigenvalue weighted by molar-refractivity contribution is 0.103. The number of carbonyl (C=O) groups excluding carboxylic acids is 1. The van der Waals surface area contributed by atoms with Gasteiger partial charge in [-0.1, -0.05) is 0 Å². The number of nitrogens with one attached hydrogen (secondary N) is 2. The molecule has 0 radical (unpaired) electrons. The molecular weight excluding hydrogens is 464 g/mol. The van der Waals surface area contributed by atoms with E-state index < -0.39 is 10.0 Å². The monoisotopic (exact) mass is 486 g/mol. The number of rotatable bonds is 7. The van der Waals surface area contributed by atoms with E-state index in [1.165, 1.54) is 36.6 Å². The van der Waals surface area contributed by atoms with Crippen molar-refractivity contribution in [3.8, 4) is 27.7 Å². The molecule has 33 heavy (non-hydrogen) atoms. The normalized spacial score (nSPS) is 15.2. The molecule has 3 aromatic rings. The van der Waals surface area contributed by atoms with Crippen LogP contribution in [-0.2, 0) is 10.0 Å². The van der Waals surface area contributed by atoms with Crippen LogP contribution in [0.1, 0.15) is 22.5 Å². The van der Waals surface area contributed by atoms with Crippen molar-refractivity contribution in [1.29, 1.82) is 0 Å². The molecule has 0 unspecified atom stereocenters. The summed E-state index contributed by atoms with van der Waals surface area (Å²) in [5, 5.41) is 2.78. The lowest BCUT2D eigenvalue weighted by Gasteiger charge is -2.18. The quantitative estimate of drug-likeness (QED) is 0.525. The first kappa shape index (κ1) is 21.7. The Morgan fingerprint density at radius 1 is 1.03 bits per heavy atom. The van der Waals surface area contributed by atoms with E-state index in [1.807, 2.05) is 24.3 Å². The van der Waals surface area contributed by atoms with Gasteiger partial charge in [0.1, 0.15) is 19.0 Å². The molecule has 0 spiro atoms. The number of anilines is 1. The van der Waals surface area contributed by atoms with Crippen molar-refractivity contribution in [2.24, 2.45) is 0 Å². The number of hydrogen-bond acceptors (Lipinski definition) is 7. The summed E-state index contributed by atoms with van der Waals surface area (Å²) in [7, 11) is -2.20. The predicted molar refractivity (Wildman–Crippen MR) is 125 cm³/mol. The fourth-order valence-corrected chi connectivity index (χ4v) is 5.66. The zero-order valence-corrected chi connectivity index (χ0v) is 19.4. The van der Waals surface area contributed by atoms with E-state index in [-0.39, 0.29) is 22.5 Å². The van der Waals surface area contributed by atoms with E-state index in [4.69, 9.17) is 14.2 Å². The minimum Gasteiger partial charge on any atom is -0.495 e. The summed E-state index contributed by atoms with van der Waals surface area (Å²) in [6.45, 7) is 1.03. The smallest absolute Gasteiger partial charge is 0.265 e. The number of carbonyl (C=O) groups is 1. The van der Waals surface area contributed by atoms with Crippen molar-refractivity contribution < 1.29 is 27.4 Å². The molecule has 5 rings (SSSR count). The Hall–Kier alpha value is -3.08. The number of sulfonamides is 1. The van der Waals surface area contributed by atoms with Gasteiger partial charge >= 0.3 is 0 Å². The van der Waals surface area contributed by atoms with E-state index in [2.05, 4.69) is 10.0 Å². The van der Waals surface area contributed by atoms with Crippen LogP contribution in [0.3, 0.4) is 0 Å². The second kappa shape index (κ2) is 8.69. The maximum atomic E-state index is 12.9. The fourth-order valence-electron chi connectivity index (χ4n) is 3.44. The molecule has 2 aromatic carbocycles. The van der Waals surface area contributed by atoms with E-state index >= 15 is 0 Å². The largest absolute Gasteiger partial charge is 0.495 e. The average Bonchev–Trinajstić information content (AvgIpc) is 3.48. The molecule has 10 heteroatoms. The molecule has 2 aliphatic rings. The molecule has 2 N–H and O–H groups in total. The Bertz CT molecular complexity index is 1310. The van der Waals surface area contributed by atoms with Gasteiger partial charge in [0.15, 0.2) is 11.5 Å². The third-order valence-electron chi connectivity index (χ3n) is 5.29. The number of amides is 1. The van der Waals surface area contributed by atoms with Crippen molar-refractivity contribution in [3.63, 3.8) is 0 Å². The van der Waals surface area contributed by atoms with Crippen molar-refractivity contribution in [2.75, 3.05) is 25.6 Å². The summed E-state index contributed by atoms with van der Waals surface area (Å²) in [6, 6.07) is 13.7. The van der Waals surface area contributed by atoms with E-state index in [9.17, 15) is 13.2 Å². The standard InChI is InChI=1S/C23H22N2O6S2/c1-29-18-7-5-16(33(27,28)25-15-3-4-15)13-17(18)24-23(26)22-9-8-21(32-22)14-2-6-19-20(12-14)31-11-10-30-19/h2,5-9,12-13,15,25H,3-4,10-11H2,1H3,(H,24,26). The molecule has 1 amide bonds. The lowest BCUT2D eigenvalue weighted by atomic mass is 10.1. The van der Waals surface area contributed by atoms with Crippen LogP contribution in [0.25, 0.3) is 10.4 Å². The molecule has 1 aromatic heterocycles. The molecule has 8 nitrogen and oxygen atoms in total. The van der Waals surface area contributed by atoms with Crippen LogP contribution in [0.4, 0.5) is 5.69 Å². The zero-order chi connectivity index (χ0) is 23.0. The van der Waals surface area contributed by atoms with Crippen LogP contribution in [0.5, 0.6) is 17.2 Å². The molecular formula is C23H22N2O6S2. The summed E-state index contributed by atoms with van der Waals surface area (Å²) < 4.78 is 44.3. The number of hydrogen-bond donors (Lipinski definition) is 2. The summed E-state index contributed by atoms with van der Waals surface area (Å²) in [4.78, 5) is 14.4. The third kappa shape index (κ3) is 4.68. The Kier molecular flexibility index (Phi) is 5.73. The second-order valence-corrected chi connectivity index (χ2v) is 10.5. The molecule has 1 aliphatic heterocycles. The van der Waals surface area contributed by atoms with Gasteiger partial charge in [-0.3, -0.25) is 4.79 Å². The average molecular weight is 487 g/mol. The predicted octanol–water partition coefficient (Wildman–Crippen LogP) is 3.89. The number of fused-ring (bicyclic) bond motifs is 1. The molecule has 172 valence electrons. The van der Waals surface area contributed by atoms with Gasteiger partial charge in [0, 0.05) is 10.9 Å². The van der Waals surface area contributed by atoms with Crippen LogP contribution >= 0.6 is 11.3 Å². The maximum Gasteiger partial charge on any atom is 0.265 e. The third-order valence-corrected chi connectivity index (χ3v) is 7.94. The Balaban J connectivity index is 1.37. The van der Waals surface area contributed by atoms with Gasteiger partial charge in [0.05, 0.1) is 22.6 Å². The van der Waals surface area contributed by atoms with Crippen LogP contribution in [0.2, 0.25) is 0 Å². The first-order valence-electron chi connectivity index (χ1n) is 10.4. The number of thiophene rings is 1. The summed E-state index contributed by atoms with van der Waals surface area (Å²) >= 11 is 1.32. The van der Waals surface area contributed by atoms with Crippen molar-refractivity contribution in [2.45, 2.75) is 23.8 Å². The highest BCUT2D eigenvalue weighted by Crippen LogP contribution is 2.37. The molecule has 1 fully saturated rings. The maximum absolute atomic E-state index is 12.9. The Morgan fingerprint density at radius 2 is 1.82 bits per heavy atom. The second-order valence-electron chi connectivity index (χ2n) is 7.73. The zero-order valence-electron chi connectivity index (χ0n) is 17.8. The van der Waals surface area contributed by atoms with Crippen molar-refractivity contribution >= 4 is 33.0 Å². The van der Waals surface area contributed by atoms with Gasteiger partial charge in [-0.2, -0.15) is 0 Å². The van der Waals surface area contributed by atoms with Crippen molar-refractivity contribution in [3.05, 3.63) is 53.4 Å². The van der Waals surface area contributed by atoms with Crippen LogP contribution in [-0.4, -0.2) is 40.7 Å². The topological polar surface area (TPSA) is 103 Å². The minimum atomic E-state index is -3.66. The van der Waals surface area contributed by atoms with Gasteiger partial charge in [0.25, 0.3) is 5.91 Å². The number of benzene rings is 2. The van der Waals surface area contributed by atoms with E-state index in [1.54, 1.807) is 6.07 Å². The Morgan fingerprint density at radius 3 is 2.58 bits per heavy atom. The summed E-state index contributed by atoms with van der Waals surface area (Å²) in [6.07, 6.45) is 1.67. The summed E-state index contributed by atoms with van der Waals surface area (Å²) in [5.41, 5.74) is 1.20. The molecule has 0 bridgehead atoms. The van der Waals surface area contributed by atoms with E-state index in [0.717, 1.165) is 23.3 Å². The Labute approximate surface area is 195 Å². The van der Waals surface area contributed by atoms with Crippen LogP contribution in [0.15, 0.2) is 53.4 Å². The van der Waals surface area contributed by atoms with Gasteiger partial charge in [0.2, 0.25) is 10.0 Å². The molecule has 0 atom stereocenters. The summed E-state index contributed by atoms with van der Waals surface area (Å²) in [5.74, 6) is 1.41. The highest BCUT2D eigenvalue weighted by molar-refractivity contribution is 7.89. The SMILES string of the molecule is COc1ccc(S(=O)(=O)NC2CC2)cc1NC(=O)c1ccc(-c2ccc3c(c2)OCCO3)s1. The highest BCUT2D eigenvalue weighted by atomic mass is 32.2. The first-order chi connectivity index (χ1) is 15.9. The fraction of sp³-hybridized carbons (Fsp3) is 0.261. The number of ether oxygens (including phenoxy) is 3. The van der Waals surface area contributed by atoms with Crippen molar-refractivity contribution in [1.82, 2.24) is 4.72 Å².